The number of benzene rings is 1. The molecule has 1 aromatic carbocycles. The monoisotopic (exact) mass is 476 g/mol. The van der Waals surface area contributed by atoms with E-state index in [4.69, 9.17) is 14.2 Å². The third-order valence-corrected chi connectivity index (χ3v) is 6.20. The van der Waals surface area contributed by atoms with Gasteiger partial charge in [0.25, 0.3) is 0 Å². The van der Waals surface area contributed by atoms with Gasteiger partial charge in [-0.1, -0.05) is 49.4 Å². The molecule has 0 aromatic heterocycles. The van der Waals surface area contributed by atoms with Gasteiger partial charge in [0.05, 0.1) is 19.5 Å². The molecule has 34 heavy (non-hydrogen) atoms. The maximum Gasteiger partial charge on any atom is 0.193 e. The molecule has 4 atom stereocenters. The summed E-state index contributed by atoms with van der Waals surface area (Å²) in [5.41, 5.74) is 1.62. The van der Waals surface area contributed by atoms with Gasteiger partial charge in [-0.05, 0) is 53.3 Å². The van der Waals surface area contributed by atoms with E-state index in [1.807, 2.05) is 6.92 Å². The first-order chi connectivity index (χ1) is 16.4. The first-order valence-electron chi connectivity index (χ1n) is 11.5. The normalized spacial score (nSPS) is 32.1. The van der Waals surface area contributed by atoms with Crippen molar-refractivity contribution in [1.29, 1.82) is 0 Å². The summed E-state index contributed by atoms with van der Waals surface area (Å²) in [5, 5.41) is 0. The lowest BCUT2D eigenvalue weighted by Crippen LogP contribution is -2.36. The van der Waals surface area contributed by atoms with E-state index in [-0.39, 0.29) is 42.3 Å². The number of rotatable bonds is 6. The summed E-state index contributed by atoms with van der Waals surface area (Å²) in [6.45, 7) is 4.22. The molecule has 3 nitrogen and oxygen atoms in total. The fourth-order valence-corrected chi connectivity index (χ4v) is 4.20. The summed E-state index contributed by atoms with van der Waals surface area (Å²) >= 11 is 0. The predicted molar refractivity (Wildman–Crippen MR) is 124 cm³/mol. The maximum absolute atomic E-state index is 15.0. The van der Waals surface area contributed by atoms with Gasteiger partial charge in [0.2, 0.25) is 0 Å². The molecule has 0 spiro atoms. The van der Waals surface area contributed by atoms with Crippen molar-refractivity contribution in [2.75, 3.05) is 13.2 Å². The van der Waals surface area contributed by atoms with Crippen molar-refractivity contribution >= 4 is 11.1 Å². The lowest BCUT2D eigenvalue weighted by Gasteiger charge is -2.33. The summed E-state index contributed by atoms with van der Waals surface area (Å²) in [4.78, 5) is 0. The van der Waals surface area contributed by atoms with Gasteiger partial charge in [-0.25, -0.2) is 17.6 Å². The molecule has 1 saturated heterocycles. The summed E-state index contributed by atoms with van der Waals surface area (Å²) in [7, 11) is 0. The molecule has 1 aromatic rings. The molecule has 0 saturated carbocycles. The zero-order valence-corrected chi connectivity index (χ0v) is 19.1. The number of hydrogen-bond donors (Lipinski definition) is 0. The Labute approximate surface area is 197 Å². The summed E-state index contributed by atoms with van der Waals surface area (Å²) in [5.74, 6) is -0.428. The molecule has 4 unspecified atom stereocenters. The highest BCUT2D eigenvalue weighted by molar-refractivity contribution is 5.77. The maximum atomic E-state index is 15.0. The van der Waals surface area contributed by atoms with Gasteiger partial charge >= 0.3 is 0 Å². The molecule has 0 bridgehead atoms. The molecule has 1 heterocycles. The highest BCUT2D eigenvalue weighted by Gasteiger charge is 2.37. The van der Waals surface area contributed by atoms with Gasteiger partial charge < -0.3 is 14.2 Å². The minimum absolute atomic E-state index is 0.0926. The van der Waals surface area contributed by atoms with Gasteiger partial charge in [-0.3, -0.25) is 0 Å². The zero-order chi connectivity index (χ0) is 24.2. The largest absolute Gasteiger partial charge is 0.466 e. The molecule has 7 heteroatoms. The first-order valence-corrected chi connectivity index (χ1v) is 11.5. The average molecular weight is 477 g/mol. The van der Waals surface area contributed by atoms with Gasteiger partial charge in [0.15, 0.2) is 31.0 Å². The van der Waals surface area contributed by atoms with E-state index >= 15 is 4.39 Å². The van der Waals surface area contributed by atoms with E-state index in [0.29, 0.717) is 16.7 Å². The third kappa shape index (κ3) is 5.05. The second kappa shape index (κ2) is 10.7. The van der Waals surface area contributed by atoms with Crippen LogP contribution in [0.1, 0.15) is 31.4 Å². The number of alkyl halides is 4. The summed E-state index contributed by atoms with van der Waals surface area (Å²) < 4.78 is 75.3. The minimum Gasteiger partial charge on any atom is -0.466 e. The van der Waals surface area contributed by atoms with Crippen LogP contribution < -0.4 is 0 Å². The van der Waals surface area contributed by atoms with Crippen molar-refractivity contribution in [1.82, 2.24) is 0 Å². The number of halogens is 4. The molecule has 0 amide bonds. The molecule has 3 aliphatic rings. The third-order valence-electron chi connectivity index (χ3n) is 6.20. The van der Waals surface area contributed by atoms with Crippen LogP contribution in [0.5, 0.6) is 0 Å². The van der Waals surface area contributed by atoms with Crippen LogP contribution in [0.4, 0.5) is 17.6 Å². The standard InChI is InChI=1S/C27H28F4O3/c1-3-4-13-32-23-12-11-21(26(30)27(23)31)18-7-5-17(6-8-18)20-9-10-22(25(29)24(20)28)19-14-33-16(2)34-15-19/h4-13,16,19,24-27H,3,14-15H2,1-2H3/b13-4-. The Hall–Kier alpha value is -2.64. The fraction of sp³-hybridized carbons (Fsp3) is 0.407. The Morgan fingerprint density at radius 3 is 1.97 bits per heavy atom. The molecule has 4 rings (SSSR count). The van der Waals surface area contributed by atoms with E-state index in [1.165, 1.54) is 18.4 Å². The summed E-state index contributed by atoms with van der Waals surface area (Å²) in [6.07, 6.45) is 1.97. The van der Waals surface area contributed by atoms with Crippen molar-refractivity contribution in [3.63, 3.8) is 0 Å². The lowest BCUT2D eigenvalue weighted by atomic mass is 9.84. The number of allylic oxidation sites excluding steroid dienone is 8. The Morgan fingerprint density at radius 2 is 1.38 bits per heavy atom. The van der Waals surface area contributed by atoms with Crippen LogP contribution in [0.15, 0.2) is 72.2 Å². The first kappa shape index (κ1) is 24.5. The minimum atomic E-state index is -1.93. The number of ether oxygens (including phenoxy) is 3. The molecule has 0 radical (unpaired) electrons. The molecule has 2 aliphatic carbocycles. The molecular weight excluding hydrogens is 448 g/mol. The average Bonchev–Trinajstić information content (AvgIpc) is 2.85. The van der Waals surface area contributed by atoms with Crippen LogP contribution in [0.2, 0.25) is 0 Å². The van der Waals surface area contributed by atoms with Gasteiger partial charge in [0.1, 0.15) is 5.76 Å². The van der Waals surface area contributed by atoms with Gasteiger partial charge in [-0.15, -0.1) is 0 Å². The Bertz CT molecular complexity index is 1020. The van der Waals surface area contributed by atoms with Gasteiger partial charge in [-0.2, -0.15) is 0 Å². The Morgan fingerprint density at radius 1 is 0.824 bits per heavy atom. The van der Waals surface area contributed by atoms with Gasteiger partial charge in [0, 0.05) is 5.92 Å². The zero-order valence-electron chi connectivity index (χ0n) is 19.1. The topological polar surface area (TPSA) is 27.7 Å². The highest BCUT2D eigenvalue weighted by Crippen LogP contribution is 2.37. The predicted octanol–water partition coefficient (Wildman–Crippen LogP) is 6.59. The van der Waals surface area contributed by atoms with Crippen molar-refractivity contribution < 1.29 is 31.8 Å². The van der Waals surface area contributed by atoms with Crippen LogP contribution in [0, 0.1) is 5.92 Å². The molecule has 1 aliphatic heterocycles. The van der Waals surface area contributed by atoms with E-state index in [2.05, 4.69) is 0 Å². The quantitative estimate of drug-likeness (QED) is 0.342. The molecule has 0 N–H and O–H groups in total. The summed E-state index contributed by atoms with van der Waals surface area (Å²) in [6, 6.07) is 6.35. The lowest BCUT2D eigenvalue weighted by molar-refractivity contribution is -0.185. The smallest absolute Gasteiger partial charge is 0.193 e. The Balaban J connectivity index is 1.52. The highest BCUT2D eigenvalue weighted by atomic mass is 19.2. The van der Waals surface area contributed by atoms with Crippen LogP contribution in [0.25, 0.3) is 11.1 Å². The Kier molecular flexibility index (Phi) is 7.73. The number of hydrogen-bond acceptors (Lipinski definition) is 3. The molecule has 182 valence electrons. The second-order valence-electron chi connectivity index (χ2n) is 8.49. The van der Waals surface area contributed by atoms with Crippen molar-refractivity contribution in [2.24, 2.45) is 5.92 Å². The fourth-order valence-electron chi connectivity index (χ4n) is 4.20. The van der Waals surface area contributed by atoms with Crippen LogP contribution in [-0.4, -0.2) is 44.2 Å². The van der Waals surface area contributed by atoms with Crippen molar-refractivity contribution in [3.05, 3.63) is 83.4 Å². The van der Waals surface area contributed by atoms with E-state index < -0.39 is 24.7 Å². The molecule has 1 fully saturated rings. The van der Waals surface area contributed by atoms with Crippen molar-refractivity contribution in [2.45, 2.75) is 51.2 Å². The van der Waals surface area contributed by atoms with Crippen LogP contribution >= 0.6 is 0 Å². The van der Waals surface area contributed by atoms with E-state index in [9.17, 15) is 13.2 Å². The van der Waals surface area contributed by atoms with Crippen molar-refractivity contribution in [3.8, 4) is 0 Å². The van der Waals surface area contributed by atoms with E-state index in [0.717, 1.165) is 6.42 Å². The van der Waals surface area contributed by atoms with Crippen LogP contribution in [0.3, 0.4) is 0 Å². The van der Waals surface area contributed by atoms with Crippen LogP contribution in [-0.2, 0) is 14.2 Å². The SMILES string of the molecule is CC/C=C\OC1=CC=C(c2ccc(C3=CC=C(C4COC(C)OC4)C(F)C3F)cc2)C(F)C1F. The molecular formula is C27H28F4O3. The second-order valence-corrected chi connectivity index (χ2v) is 8.49. The van der Waals surface area contributed by atoms with E-state index in [1.54, 1.807) is 49.4 Å².